The Balaban J connectivity index is 2.02. The van der Waals surface area contributed by atoms with Gasteiger partial charge in [-0.05, 0) is 43.5 Å². The summed E-state index contributed by atoms with van der Waals surface area (Å²) >= 11 is 0. The fourth-order valence-corrected chi connectivity index (χ4v) is 2.80. The molecule has 1 aromatic heterocycles. The van der Waals surface area contributed by atoms with Gasteiger partial charge in [-0.15, -0.1) is 0 Å². The highest BCUT2D eigenvalue weighted by Gasteiger charge is 2.25. The van der Waals surface area contributed by atoms with Crippen molar-refractivity contribution in [3.05, 3.63) is 59.4 Å². The fraction of sp³-hybridized carbons (Fsp3) is 0.294. The number of anilines is 1. The molecule has 108 valence electrons. The van der Waals surface area contributed by atoms with E-state index in [0.29, 0.717) is 12.2 Å². The molecule has 0 saturated carbocycles. The minimum absolute atomic E-state index is 0.00975. The summed E-state index contributed by atoms with van der Waals surface area (Å²) in [5.41, 5.74) is 9.50. The maximum Gasteiger partial charge on any atom is 0.276 e. The SMILES string of the molecule is Cc1cccc(C(=O)N2CCCC(N)c3ccccc32)n1. The largest absolute Gasteiger partial charge is 0.324 e. The molecular weight excluding hydrogens is 262 g/mol. The second-order valence-corrected chi connectivity index (χ2v) is 5.43. The highest BCUT2D eigenvalue weighted by atomic mass is 16.2. The first-order valence-electron chi connectivity index (χ1n) is 7.27. The zero-order chi connectivity index (χ0) is 14.8. The molecule has 2 aromatic rings. The topological polar surface area (TPSA) is 59.2 Å². The average molecular weight is 281 g/mol. The maximum absolute atomic E-state index is 12.8. The normalized spacial score (nSPS) is 18.0. The standard InChI is InChI=1S/C17H19N3O/c1-12-6-4-9-15(19-12)17(21)20-11-5-8-14(18)13-7-2-3-10-16(13)20/h2-4,6-7,9-10,14H,5,8,11,18H2,1H3. The van der Waals surface area contributed by atoms with Crippen LogP contribution in [0, 0.1) is 6.92 Å². The molecule has 1 aliphatic rings. The second-order valence-electron chi connectivity index (χ2n) is 5.43. The molecule has 2 heterocycles. The molecule has 1 unspecified atom stereocenters. The molecule has 0 fully saturated rings. The lowest BCUT2D eigenvalue weighted by Gasteiger charge is -2.23. The quantitative estimate of drug-likeness (QED) is 0.874. The van der Waals surface area contributed by atoms with Crippen molar-refractivity contribution >= 4 is 11.6 Å². The van der Waals surface area contributed by atoms with E-state index in [4.69, 9.17) is 5.73 Å². The molecule has 2 N–H and O–H groups in total. The number of nitrogens with zero attached hydrogens (tertiary/aromatic N) is 2. The van der Waals surface area contributed by atoms with Crippen molar-refractivity contribution in [2.75, 3.05) is 11.4 Å². The van der Waals surface area contributed by atoms with Crippen molar-refractivity contribution in [2.45, 2.75) is 25.8 Å². The molecule has 0 spiro atoms. The van der Waals surface area contributed by atoms with Crippen LogP contribution in [0.1, 0.15) is 40.6 Å². The molecule has 1 atom stereocenters. The average Bonchev–Trinajstić information content (AvgIpc) is 2.66. The van der Waals surface area contributed by atoms with E-state index in [2.05, 4.69) is 4.98 Å². The first-order valence-corrected chi connectivity index (χ1v) is 7.27. The van der Waals surface area contributed by atoms with Gasteiger partial charge in [-0.25, -0.2) is 4.98 Å². The van der Waals surface area contributed by atoms with E-state index in [1.807, 2.05) is 48.2 Å². The summed E-state index contributed by atoms with van der Waals surface area (Å²) < 4.78 is 0. The van der Waals surface area contributed by atoms with Gasteiger partial charge in [0.25, 0.3) is 5.91 Å². The van der Waals surface area contributed by atoms with E-state index in [1.165, 1.54) is 0 Å². The van der Waals surface area contributed by atoms with Gasteiger partial charge in [0.05, 0.1) is 0 Å². The monoisotopic (exact) mass is 281 g/mol. The van der Waals surface area contributed by atoms with Crippen molar-refractivity contribution in [2.24, 2.45) is 5.73 Å². The fourth-order valence-electron chi connectivity index (χ4n) is 2.80. The molecular formula is C17H19N3O. The summed E-state index contributed by atoms with van der Waals surface area (Å²) in [5.74, 6) is -0.0553. The van der Waals surface area contributed by atoms with Gasteiger partial charge in [0.1, 0.15) is 5.69 Å². The van der Waals surface area contributed by atoms with Gasteiger partial charge in [0.15, 0.2) is 0 Å². The lowest BCUT2D eigenvalue weighted by molar-refractivity contribution is 0.0982. The lowest BCUT2D eigenvalue weighted by atomic mass is 10.0. The Kier molecular flexibility index (Phi) is 3.71. The number of nitrogens with two attached hydrogens (primary N) is 1. The van der Waals surface area contributed by atoms with E-state index >= 15 is 0 Å². The molecule has 4 heteroatoms. The van der Waals surface area contributed by atoms with Crippen molar-refractivity contribution in [1.82, 2.24) is 4.98 Å². The van der Waals surface area contributed by atoms with Crippen molar-refractivity contribution < 1.29 is 4.79 Å². The number of hydrogen-bond acceptors (Lipinski definition) is 3. The molecule has 4 nitrogen and oxygen atoms in total. The smallest absolute Gasteiger partial charge is 0.276 e. The lowest BCUT2D eigenvalue weighted by Crippen LogP contribution is -2.32. The van der Waals surface area contributed by atoms with E-state index < -0.39 is 0 Å². The molecule has 0 bridgehead atoms. The molecule has 21 heavy (non-hydrogen) atoms. The molecule has 0 saturated heterocycles. The summed E-state index contributed by atoms with van der Waals surface area (Å²) in [6.45, 7) is 2.57. The molecule has 1 aliphatic heterocycles. The Labute approximate surface area is 124 Å². The van der Waals surface area contributed by atoms with E-state index in [-0.39, 0.29) is 11.9 Å². The Morgan fingerprint density at radius 1 is 1.24 bits per heavy atom. The van der Waals surface area contributed by atoms with Crippen LogP contribution < -0.4 is 10.6 Å². The minimum Gasteiger partial charge on any atom is -0.324 e. The zero-order valence-corrected chi connectivity index (χ0v) is 12.1. The number of rotatable bonds is 1. The van der Waals surface area contributed by atoms with E-state index in [9.17, 15) is 4.79 Å². The van der Waals surface area contributed by atoms with Gasteiger partial charge in [-0.1, -0.05) is 24.3 Å². The van der Waals surface area contributed by atoms with E-state index in [0.717, 1.165) is 29.8 Å². The summed E-state index contributed by atoms with van der Waals surface area (Å²) in [4.78, 5) is 19.0. The number of carbonyl (C=O) groups excluding carboxylic acids is 1. The number of benzene rings is 1. The molecule has 3 rings (SSSR count). The summed E-state index contributed by atoms with van der Waals surface area (Å²) in [6, 6.07) is 13.4. The number of aromatic nitrogens is 1. The Hall–Kier alpha value is -2.20. The van der Waals surface area contributed by atoms with Crippen molar-refractivity contribution in [3.63, 3.8) is 0 Å². The minimum atomic E-state index is -0.0553. The number of carbonyl (C=O) groups is 1. The summed E-state index contributed by atoms with van der Waals surface area (Å²) in [5, 5.41) is 0. The van der Waals surface area contributed by atoms with Gasteiger partial charge in [-0.3, -0.25) is 4.79 Å². The first-order chi connectivity index (χ1) is 10.2. The van der Waals surface area contributed by atoms with Crippen LogP contribution in [0.3, 0.4) is 0 Å². The van der Waals surface area contributed by atoms with Gasteiger partial charge >= 0.3 is 0 Å². The van der Waals surface area contributed by atoms with Crippen LogP contribution in [0.5, 0.6) is 0 Å². The van der Waals surface area contributed by atoms with E-state index in [1.54, 1.807) is 6.07 Å². The number of pyridine rings is 1. The van der Waals surface area contributed by atoms with Crippen LogP contribution >= 0.6 is 0 Å². The third-order valence-corrected chi connectivity index (χ3v) is 3.88. The van der Waals surface area contributed by atoms with Crippen LogP contribution in [0.15, 0.2) is 42.5 Å². The number of hydrogen-bond donors (Lipinski definition) is 1. The maximum atomic E-state index is 12.8. The zero-order valence-electron chi connectivity index (χ0n) is 12.1. The van der Waals surface area contributed by atoms with Gasteiger partial charge in [0, 0.05) is 24.0 Å². The predicted molar refractivity (Wildman–Crippen MR) is 83.3 cm³/mol. The van der Waals surface area contributed by atoms with Crippen LogP contribution in [-0.2, 0) is 0 Å². The highest BCUT2D eigenvalue weighted by Crippen LogP contribution is 2.32. The number of aryl methyl sites for hydroxylation is 1. The third kappa shape index (κ3) is 2.67. The Morgan fingerprint density at radius 3 is 2.86 bits per heavy atom. The Morgan fingerprint density at radius 2 is 2.05 bits per heavy atom. The first kappa shape index (κ1) is 13.8. The molecule has 0 radical (unpaired) electrons. The van der Waals surface area contributed by atoms with Crippen LogP contribution in [0.4, 0.5) is 5.69 Å². The van der Waals surface area contributed by atoms with Gasteiger partial charge in [0.2, 0.25) is 0 Å². The molecule has 1 aromatic carbocycles. The molecule has 1 amide bonds. The Bertz CT molecular complexity index is 669. The number of para-hydroxylation sites is 1. The van der Waals surface area contributed by atoms with Gasteiger partial charge < -0.3 is 10.6 Å². The third-order valence-electron chi connectivity index (χ3n) is 3.88. The predicted octanol–water partition coefficient (Wildman–Crippen LogP) is 2.83. The molecule has 0 aliphatic carbocycles. The van der Waals surface area contributed by atoms with Crippen molar-refractivity contribution in [3.8, 4) is 0 Å². The second kappa shape index (κ2) is 5.66. The van der Waals surface area contributed by atoms with Crippen LogP contribution in [0.2, 0.25) is 0 Å². The highest BCUT2D eigenvalue weighted by molar-refractivity contribution is 6.05. The van der Waals surface area contributed by atoms with Gasteiger partial charge in [-0.2, -0.15) is 0 Å². The van der Waals surface area contributed by atoms with Crippen LogP contribution in [-0.4, -0.2) is 17.4 Å². The number of fused-ring (bicyclic) bond motifs is 1. The number of amides is 1. The van der Waals surface area contributed by atoms with Crippen LogP contribution in [0.25, 0.3) is 0 Å². The summed E-state index contributed by atoms with van der Waals surface area (Å²) in [7, 11) is 0. The van der Waals surface area contributed by atoms with Crippen molar-refractivity contribution in [1.29, 1.82) is 0 Å². The summed E-state index contributed by atoms with van der Waals surface area (Å²) in [6.07, 6.45) is 1.79.